The highest BCUT2D eigenvalue weighted by molar-refractivity contribution is 5.82. The quantitative estimate of drug-likeness (QED) is 0.297. The van der Waals surface area contributed by atoms with Gasteiger partial charge in [-0.15, -0.1) is 0 Å². The molecule has 0 amide bonds. The third-order valence-electron chi connectivity index (χ3n) is 11.2. The van der Waals surface area contributed by atoms with E-state index in [-0.39, 0.29) is 19.4 Å². The van der Waals surface area contributed by atoms with Crippen molar-refractivity contribution in [2.24, 2.45) is 28.1 Å². The Morgan fingerprint density at radius 3 is 2.38 bits per heavy atom. The molecule has 5 aliphatic rings. The molecule has 12 nitrogen and oxygen atoms in total. The van der Waals surface area contributed by atoms with Crippen molar-refractivity contribution in [2.75, 3.05) is 6.61 Å². The summed E-state index contributed by atoms with van der Waals surface area (Å²) in [5, 5.41) is 24.2. The van der Waals surface area contributed by atoms with Crippen LogP contribution in [0.4, 0.5) is 0 Å². The molecule has 11 unspecified atom stereocenters. The number of furan rings is 1. The number of aliphatic hydroxyl groups excluding tert-OH is 2. The Morgan fingerprint density at radius 2 is 1.76 bits per heavy atom. The highest BCUT2D eigenvalue weighted by Gasteiger charge is 2.90. The zero-order chi connectivity index (χ0) is 30.6. The molecule has 1 aromatic rings. The van der Waals surface area contributed by atoms with Gasteiger partial charge in [0.15, 0.2) is 6.10 Å². The van der Waals surface area contributed by atoms with Crippen molar-refractivity contribution in [3.05, 3.63) is 24.2 Å². The lowest BCUT2D eigenvalue weighted by molar-refractivity contribution is -0.310. The number of carbonyl (C=O) groups is 4. The van der Waals surface area contributed by atoms with Crippen molar-refractivity contribution in [1.82, 2.24) is 0 Å². The molecule has 11 atom stereocenters. The number of ether oxygens (including phenoxy) is 5. The molecule has 1 aromatic heterocycles. The molecule has 42 heavy (non-hydrogen) atoms. The first kappa shape index (κ1) is 29.1. The van der Waals surface area contributed by atoms with Gasteiger partial charge < -0.3 is 38.3 Å². The predicted molar refractivity (Wildman–Crippen MR) is 139 cm³/mol. The molecule has 12 heteroatoms. The number of epoxide rings is 1. The Balaban J connectivity index is 1.63. The lowest BCUT2D eigenvalue weighted by atomic mass is 9.35. The van der Waals surface area contributed by atoms with Gasteiger partial charge >= 0.3 is 23.9 Å². The standard InChI is InChI=1S/C30H38O12/c1-14(31)38-13-29-18(26(3,4)41-21(35)10-20(29)34)9-19(33)28(6)22(29)17(39-15(2)32)11-27(5)23(16-7-8-37-12-16)40-25(36)24-30(27,28)42-24/h7-8,12,17-20,22-24,33-34H,9-11,13H2,1-6H3. The second kappa shape index (κ2) is 9.03. The van der Waals surface area contributed by atoms with Gasteiger partial charge in [-0.05, 0) is 32.8 Å². The van der Waals surface area contributed by atoms with Crippen molar-refractivity contribution in [3.8, 4) is 0 Å². The SMILES string of the molecule is CC(=O)OCC12C(O)CC(=O)OC(C)(C)C1CC(O)C1(C)C2C(OC(C)=O)CC2(C)C(c3ccoc3)OC(=O)C3OC321. The van der Waals surface area contributed by atoms with E-state index >= 15 is 0 Å². The summed E-state index contributed by atoms with van der Waals surface area (Å²) in [5.74, 6) is -4.15. The molecule has 5 fully saturated rings. The Hall–Kier alpha value is -2.96. The summed E-state index contributed by atoms with van der Waals surface area (Å²) in [6.45, 7) is 9.22. The summed E-state index contributed by atoms with van der Waals surface area (Å²) >= 11 is 0. The average Bonchev–Trinajstić information content (AvgIpc) is 3.47. The maximum absolute atomic E-state index is 13.4. The van der Waals surface area contributed by atoms with Crippen LogP contribution in [0.5, 0.6) is 0 Å². The molecular formula is C30H38O12. The van der Waals surface area contributed by atoms with Gasteiger partial charge in [0.2, 0.25) is 0 Å². The Bertz CT molecular complexity index is 1320. The first-order valence-corrected chi connectivity index (χ1v) is 14.3. The molecule has 4 heterocycles. The zero-order valence-corrected chi connectivity index (χ0v) is 24.6. The molecule has 6 rings (SSSR count). The predicted octanol–water partition coefficient (Wildman–Crippen LogP) is 2.00. The van der Waals surface area contributed by atoms with Gasteiger partial charge in [-0.25, -0.2) is 4.79 Å². The molecule has 230 valence electrons. The van der Waals surface area contributed by atoms with Crippen molar-refractivity contribution < 1.29 is 57.5 Å². The molecule has 3 aliphatic heterocycles. The third-order valence-corrected chi connectivity index (χ3v) is 11.2. The smallest absolute Gasteiger partial charge is 0.339 e. The summed E-state index contributed by atoms with van der Waals surface area (Å²) in [6, 6.07) is 1.69. The number of esters is 4. The van der Waals surface area contributed by atoms with E-state index in [1.54, 1.807) is 26.8 Å². The lowest BCUT2D eigenvalue weighted by Gasteiger charge is -2.69. The number of hydrogen-bond acceptors (Lipinski definition) is 12. The van der Waals surface area contributed by atoms with Crippen molar-refractivity contribution in [2.45, 2.75) is 103 Å². The van der Waals surface area contributed by atoms with E-state index in [9.17, 15) is 29.4 Å². The van der Waals surface area contributed by atoms with E-state index in [1.165, 1.54) is 26.4 Å². The fourth-order valence-electron chi connectivity index (χ4n) is 9.82. The highest BCUT2D eigenvalue weighted by atomic mass is 16.7. The number of cyclic esters (lactones) is 2. The topological polar surface area (TPSA) is 171 Å². The number of carbonyl (C=O) groups excluding carboxylic acids is 4. The number of hydrogen-bond donors (Lipinski definition) is 2. The number of aliphatic hydroxyl groups is 2. The van der Waals surface area contributed by atoms with Gasteiger partial charge in [0.25, 0.3) is 0 Å². The zero-order valence-electron chi connectivity index (χ0n) is 24.6. The maximum atomic E-state index is 13.4. The minimum Gasteiger partial charge on any atom is -0.472 e. The highest BCUT2D eigenvalue weighted by Crippen LogP contribution is 2.79. The van der Waals surface area contributed by atoms with Crippen LogP contribution in [0.2, 0.25) is 0 Å². The van der Waals surface area contributed by atoms with Crippen LogP contribution >= 0.6 is 0 Å². The first-order valence-electron chi connectivity index (χ1n) is 14.3. The largest absolute Gasteiger partial charge is 0.472 e. The van der Waals surface area contributed by atoms with Gasteiger partial charge in [-0.2, -0.15) is 0 Å². The second-order valence-corrected chi connectivity index (χ2v) is 13.6. The molecule has 3 saturated heterocycles. The Morgan fingerprint density at radius 1 is 1.05 bits per heavy atom. The molecule has 0 bridgehead atoms. The van der Waals surface area contributed by atoms with Crippen molar-refractivity contribution in [3.63, 3.8) is 0 Å². The fraction of sp³-hybridized carbons (Fsp3) is 0.733. The van der Waals surface area contributed by atoms with E-state index in [0.29, 0.717) is 5.56 Å². The van der Waals surface area contributed by atoms with Crippen LogP contribution in [0, 0.1) is 28.1 Å². The van der Waals surface area contributed by atoms with Gasteiger partial charge in [-0.3, -0.25) is 14.4 Å². The number of fused-ring (bicyclic) bond motifs is 3. The maximum Gasteiger partial charge on any atom is 0.339 e. The van der Waals surface area contributed by atoms with Crippen LogP contribution in [0.3, 0.4) is 0 Å². The van der Waals surface area contributed by atoms with Crippen LogP contribution in [0.1, 0.15) is 72.5 Å². The van der Waals surface area contributed by atoms with E-state index in [1.807, 2.05) is 6.92 Å². The number of rotatable bonds is 4. The second-order valence-electron chi connectivity index (χ2n) is 13.6. The van der Waals surface area contributed by atoms with E-state index in [4.69, 9.17) is 28.1 Å². The minimum absolute atomic E-state index is 0.0116. The molecular weight excluding hydrogens is 552 g/mol. The van der Waals surface area contributed by atoms with Crippen LogP contribution < -0.4 is 0 Å². The lowest BCUT2D eigenvalue weighted by Crippen LogP contribution is -2.78. The normalized spacial score (nSPS) is 46.8. The van der Waals surface area contributed by atoms with E-state index < -0.39 is 100 Å². The monoisotopic (exact) mass is 590 g/mol. The molecule has 2 saturated carbocycles. The Kier molecular flexibility index (Phi) is 6.26. The fourth-order valence-corrected chi connectivity index (χ4v) is 9.82. The summed E-state index contributed by atoms with van der Waals surface area (Å²) in [7, 11) is 0. The molecule has 1 spiro atoms. The van der Waals surface area contributed by atoms with Gasteiger partial charge in [0, 0.05) is 47.5 Å². The van der Waals surface area contributed by atoms with Crippen molar-refractivity contribution >= 4 is 23.9 Å². The van der Waals surface area contributed by atoms with E-state index in [2.05, 4.69) is 0 Å². The van der Waals surface area contributed by atoms with Gasteiger partial charge in [0.05, 0.1) is 31.2 Å². The minimum atomic E-state index is -1.45. The molecule has 0 radical (unpaired) electrons. The van der Waals surface area contributed by atoms with Gasteiger partial charge in [-0.1, -0.05) is 13.8 Å². The summed E-state index contributed by atoms with van der Waals surface area (Å²) in [6.07, 6.45) is -2.83. The third kappa shape index (κ3) is 3.51. The molecule has 0 aromatic carbocycles. The average molecular weight is 591 g/mol. The van der Waals surface area contributed by atoms with Crippen LogP contribution in [0.15, 0.2) is 23.0 Å². The summed E-state index contributed by atoms with van der Waals surface area (Å²) < 4.78 is 35.2. The molecule has 2 N–H and O–H groups in total. The molecule has 2 aliphatic carbocycles. The van der Waals surface area contributed by atoms with Crippen molar-refractivity contribution in [1.29, 1.82) is 0 Å². The summed E-state index contributed by atoms with van der Waals surface area (Å²) in [5.41, 5.74) is -5.82. The van der Waals surface area contributed by atoms with E-state index in [0.717, 1.165) is 0 Å². The Labute approximate surface area is 242 Å². The first-order chi connectivity index (χ1) is 19.6. The van der Waals surface area contributed by atoms with Gasteiger partial charge in [0.1, 0.15) is 30.0 Å². The van der Waals surface area contributed by atoms with Crippen LogP contribution in [-0.2, 0) is 42.9 Å². The summed E-state index contributed by atoms with van der Waals surface area (Å²) in [4.78, 5) is 51.4. The van der Waals surface area contributed by atoms with Crippen LogP contribution in [-0.4, -0.2) is 76.3 Å². The van der Waals surface area contributed by atoms with Crippen LogP contribution in [0.25, 0.3) is 0 Å².